The van der Waals surface area contributed by atoms with Crippen molar-refractivity contribution in [2.75, 3.05) is 20.8 Å². The Morgan fingerprint density at radius 2 is 2.00 bits per heavy atom. The summed E-state index contributed by atoms with van der Waals surface area (Å²) in [5, 5.41) is 9.15. The normalized spacial score (nSPS) is 10.5. The maximum absolute atomic E-state index is 9.15. The largest absolute Gasteiger partial charge is 0.508 e. The Kier molecular flexibility index (Phi) is 4.22. The average Bonchev–Trinajstić information content (AvgIpc) is 2.19. The fourth-order valence-corrected chi connectivity index (χ4v) is 0.970. The van der Waals surface area contributed by atoms with E-state index in [2.05, 4.69) is 0 Å². The molecule has 1 N–H and O–H groups in total. The van der Waals surface area contributed by atoms with Gasteiger partial charge < -0.3 is 19.3 Å². The summed E-state index contributed by atoms with van der Waals surface area (Å²) in [6, 6.07) is 6.57. The molecule has 1 aromatic carbocycles. The van der Waals surface area contributed by atoms with E-state index in [1.54, 1.807) is 32.4 Å². The molecule has 0 fully saturated rings. The van der Waals surface area contributed by atoms with Crippen LogP contribution in [0.1, 0.15) is 0 Å². The third kappa shape index (κ3) is 3.24. The standard InChI is InChI=1S/C10H14O4/c1-12-10(13-2)7-14-9-5-3-4-8(11)6-9/h3-6,10-11H,7H2,1-2H3. The summed E-state index contributed by atoms with van der Waals surface area (Å²) < 4.78 is 15.2. The molecule has 0 saturated heterocycles. The lowest BCUT2D eigenvalue weighted by molar-refractivity contribution is -0.121. The van der Waals surface area contributed by atoms with E-state index in [1.165, 1.54) is 6.07 Å². The monoisotopic (exact) mass is 198 g/mol. The van der Waals surface area contributed by atoms with E-state index in [-0.39, 0.29) is 12.4 Å². The molecule has 0 aliphatic heterocycles. The molecule has 4 nitrogen and oxygen atoms in total. The van der Waals surface area contributed by atoms with Gasteiger partial charge in [-0.15, -0.1) is 0 Å². The number of phenols is 1. The summed E-state index contributed by atoms with van der Waals surface area (Å²) in [4.78, 5) is 0. The van der Waals surface area contributed by atoms with Crippen molar-refractivity contribution in [1.82, 2.24) is 0 Å². The van der Waals surface area contributed by atoms with E-state index < -0.39 is 6.29 Å². The SMILES string of the molecule is COC(COc1cccc(O)c1)OC. The van der Waals surface area contributed by atoms with Crippen LogP contribution < -0.4 is 4.74 Å². The van der Waals surface area contributed by atoms with Crippen LogP contribution in [0.15, 0.2) is 24.3 Å². The highest BCUT2D eigenvalue weighted by atomic mass is 16.7. The molecular formula is C10H14O4. The van der Waals surface area contributed by atoms with Crippen molar-refractivity contribution < 1.29 is 19.3 Å². The maximum atomic E-state index is 9.15. The first-order valence-corrected chi connectivity index (χ1v) is 4.23. The number of rotatable bonds is 5. The minimum Gasteiger partial charge on any atom is -0.508 e. The van der Waals surface area contributed by atoms with Gasteiger partial charge in [-0.3, -0.25) is 0 Å². The van der Waals surface area contributed by atoms with Crippen molar-refractivity contribution in [3.05, 3.63) is 24.3 Å². The smallest absolute Gasteiger partial charge is 0.191 e. The van der Waals surface area contributed by atoms with Crippen molar-refractivity contribution in [1.29, 1.82) is 0 Å². The molecule has 0 aliphatic carbocycles. The molecule has 1 aromatic rings. The molecule has 0 unspecified atom stereocenters. The topological polar surface area (TPSA) is 47.9 Å². The minimum absolute atomic E-state index is 0.175. The molecule has 0 saturated carbocycles. The number of benzene rings is 1. The Bertz CT molecular complexity index is 271. The van der Waals surface area contributed by atoms with Gasteiger partial charge in [0.15, 0.2) is 6.29 Å². The van der Waals surface area contributed by atoms with Gasteiger partial charge in [-0.25, -0.2) is 0 Å². The highest BCUT2D eigenvalue weighted by Gasteiger charge is 2.05. The van der Waals surface area contributed by atoms with Crippen LogP contribution in [0.2, 0.25) is 0 Å². The molecule has 14 heavy (non-hydrogen) atoms. The first-order chi connectivity index (χ1) is 6.76. The van der Waals surface area contributed by atoms with Crippen molar-refractivity contribution in [3.8, 4) is 11.5 Å². The number of hydrogen-bond acceptors (Lipinski definition) is 4. The van der Waals surface area contributed by atoms with Gasteiger partial charge in [-0.1, -0.05) is 6.07 Å². The fraction of sp³-hybridized carbons (Fsp3) is 0.400. The van der Waals surface area contributed by atoms with E-state index in [4.69, 9.17) is 19.3 Å². The second-order valence-corrected chi connectivity index (χ2v) is 2.71. The van der Waals surface area contributed by atoms with E-state index in [1.807, 2.05) is 0 Å². The van der Waals surface area contributed by atoms with Crippen LogP contribution >= 0.6 is 0 Å². The number of methoxy groups -OCH3 is 2. The van der Waals surface area contributed by atoms with Gasteiger partial charge in [-0.2, -0.15) is 0 Å². The Hall–Kier alpha value is -1.26. The van der Waals surface area contributed by atoms with Gasteiger partial charge in [0.05, 0.1) is 0 Å². The molecule has 0 aliphatic rings. The van der Waals surface area contributed by atoms with Crippen molar-refractivity contribution in [3.63, 3.8) is 0 Å². The predicted octanol–water partition coefficient (Wildman–Crippen LogP) is 1.39. The lowest BCUT2D eigenvalue weighted by Gasteiger charge is -2.14. The average molecular weight is 198 g/mol. The summed E-state index contributed by atoms with van der Waals surface area (Å²) in [6.45, 7) is 0.288. The molecule has 0 atom stereocenters. The van der Waals surface area contributed by atoms with E-state index in [0.717, 1.165) is 0 Å². The number of aromatic hydroxyl groups is 1. The van der Waals surface area contributed by atoms with Crippen LogP contribution in [0.25, 0.3) is 0 Å². The van der Waals surface area contributed by atoms with Crippen molar-refractivity contribution in [2.24, 2.45) is 0 Å². The zero-order chi connectivity index (χ0) is 10.4. The summed E-state index contributed by atoms with van der Waals surface area (Å²) in [6.07, 6.45) is -0.391. The van der Waals surface area contributed by atoms with Gasteiger partial charge in [0.25, 0.3) is 0 Å². The summed E-state index contributed by atoms with van der Waals surface area (Å²) in [7, 11) is 3.08. The molecule has 0 radical (unpaired) electrons. The van der Waals surface area contributed by atoms with Gasteiger partial charge in [0.2, 0.25) is 0 Å². The quantitative estimate of drug-likeness (QED) is 0.726. The Morgan fingerprint density at radius 3 is 2.57 bits per heavy atom. The lowest BCUT2D eigenvalue weighted by atomic mass is 10.3. The summed E-state index contributed by atoms with van der Waals surface area (Å²) in [5.74, 6) is 0.762. The minimum atomic E-state index is -0.391. The van der Waals surface area contributed by atoms with Gasteiger partial charge in [0.1, 0.15) is 18.1 Å². The van der Waals surface area contributed by atoms with Gasteiger partial charge in [0, 0.05) is 20.3 Å². The third-order valence-corrected chi connectivity index (χ3v) is 1.73. The summed E-state index contributed by atoms with van der Waals surface area (Å²) in [5.41, 5.74) is 0. The lowest BCUT2D eigenvalue weighted by Crippen LogP contribution is -2.21. The highest BCUT2D eigenvalue weighted by Crippen LogP contribution is 2.17. The molecule has 4 heteroatoms. The van der Waals surface area contributed by atoms with Crippen molar-refractivity contribution in [2.45, 2.75) is 6.29 Å². The second-order valence-electron chi connectivity index (χ2n) is 2.71. The fourth-order valence-electron chi connectivity index (χ4n) is 0.970. The molecule has 1 rings (SSSR count). The number of hydrogen-bond donors (Lipinski definition) is 1. The Labute approximate surface area is 83.0 Å². The van der Waals surface area contributed by atoms with E-state index >= 15 is 0 Å². The molecule has 0 heterocycles. The molecule has 0 aromatic heterocycles. The first kappa shape index (κ1) is 10.8. The molecule has 0 bridgehead atoms. The number of phenolic OH excluding ortho intramolecular Hbond substituents is 1. The van der Waals surface area contributed by atoms with Crippen LogP contribution in [0.4, 0.5) is 0 Å². The van der Waals surface area contributed by atoms with Gasteiger partial charge in [-0.05, 0) is 12.1 Å². The number of ether oxygens (including phenoxy) is 3. The van der Waals surface area contributed by atoms with Crippen LogP contribution in [-0.2, 0) is 9.47 Å². The zero-order valence-electron chi connectivity index (χ0n) is 8.27. The molecular weight excluding hydrogens is 184 g/mol. The van der Waals surface area contributed by atoms with Crippen LogP contribution in [0, 0.1) is 0 Å². The van der Waals surface area contributed by atoms with E-state index in [0.29, 0.717) is 5.75 Å². The Morgan fingerprint density at radius 1 is 1.29 bits per heavy atom. The predicted molar refractivity (Wildman–Crippen MR) is 51.4 cm³/mol. The Balaban J connectivity index is 2.44. The van der Waals surface area contributed by atoms with Crippen LogP contribution in [-0.4, -0.2) is 32.2 Å². The van der Waals surface area contributed by atoms with E-state index in [9.17, 15) is 0 Å². The van der Waals surface area contributed by atoms with Gasteiger partial charge >= 0.3 is 0 Å². The second kappa shape index (κ2) is 5.47. The zero-order valence-corrected chi connectivity index (χ0v) is 8.27. The van der Waals surface area contributed by atoms with Crippen LogP contribution in [0.5, 0.6) is 11.5 Å². The van der Waals surface area contributed by atoms with Crippen molar-refractivity contribution >= 4 is 0 Å². The van der Waals surface area contributed by atoms with Crippen LogP contribution in [0.3, 0.4) is 0 Å². The summed E-state index contributed by atoms with van der Waals surface area (Å²) >= 11 is 0. The first-order valence-electron chi connectivity index (χ1n) is 4.23. The molecule has 78 valence electrons. The maximum Gasteiger partial charge on any atom is 0.191 e. The highest BCUT2D eigenvalue weighted by molar-refractivity contribution is 5.31. The molecule has 0 amide bonds. The molecule has 0 spiro atoms. The third-order valence-electron chi connectivity index (χ3n) is 1.73.